The lowest BCUT2D eigenvalue weighted by Crippen LogP contribution is -1.90. The lowest BCUT2D eigenvalue weighted by Gasteiger charge is -2.18. The Bertz CT molecular complexity index is 2390. The summed E-state index contributed by atoms with van der Waals surface area (Å²) in [6.07, 6.45) is 0. The zero-order chi connectivity index (χ0) is 27.6. The molecule has 0 aliphatic heterocycles. The Morgan fingerprint density at radius 2 is 0.738 bits per heavy atom. The smallest absolute Gasteiger partial charge is 0.0446 e. The molecule has 9 rings (SSSR count). The summed E-state index contributed by atoms with van der Waals surface area (Å²) < 4.78 is 4.02. The van der Waals surface area contributed by atoms with Gasteiger partial charge in [0.25, 0.3) is 0 Å². The minimum atomic E-state index is 1.25. The first-order valence-corrected chi connectivity index (χ1v) is 15.9. The van der Waals surface area contributed by atoms with Crippen LogP contribution in [-0.4, -0.2) is 0 Å². The van der Waals surface area contributed by atoms with Crippen LogP contribution in [0.25, 0.3) is 84.5 Å². The van der Waals surface area contributed by atoms with Gasteiger partial charge in [-0.2, -0.15) is 0 Å². The Hall–Kier alpha value is -4.76. The average molecular weight is 569 g/mol. The summed E-state index contributed by atoms with van der Waals surface area (Å²) in [6, 6.07) is 53.4. The van der Waals surface area contributed by atoms with E-state index in [2.05, 4.69) is 146 Å². The molecule has 2 heterocycles. The second-order valence-corrected chi connectivity index (χ2v) is 12.9. The van der Waals surface area contributed by atoms with Crippen LogP contribution in [-0.2, 0) is 0 Å². The molecular weight excluding hydrogens is 545 g/mol. The SMILES string of the molecule is c1ccc(-c2c3ccccc3c(-c3sc4ccc5sc6ccccc6c5c4c3-c3ccccc3)c3ccccc23)cc1. The molecular formula is C40H24S2. The fourth-order valence-electron chi connectivity index (χ4n) is 6.75. The molecule has 0 bridgehead atoms. The van der Waals surface area contributed by atoms with Crippen LogP contribution in [0, 0.1) is 0 Å². The summed E-state index contributed by atoms with van der Waals surface area (Å²) in [5.74, 6) is 0. The van der Waals surface area contributed by atoms with Crippen molar-refractivity contribution in [3.63, 3.8) is 0 Å². The highest BCUT2D eigenvalue weighted by Gasteiger charge is 2.24. The second-order valence-electron chi connectivity index (χ2n) is 10.8. The van der Waals surface area contributed by atoms with Crippen molar-refractivity contribution in [1.82, 2.24) is 0 Å². The van der Waals surface area contributed by atoms with Gasteiger partial charge in [0.05, 0.1) is 0 Å². The molecule has 7 aromatic carbocycles. The van der Waals surface area contributed by atoms with E-state index in [1.165, 1.54) is 84.5 Å². The van der Waals surface area contributed by atoms with Crippen LogP contribution < -0.4 is 0 Å². The second kappa shape index (κ2) is 9.39. The molecule has 0 atom stereocenters. The Morgan fingerprint density at radius 3 is 1.33 bits per heavy atom. The monoisotopic (exact) mass is 568 g/mol. The normalized spacial score (nSPS) is 11.8. The molecule has 0 saturated carbocycles. The predicted octanol–water partition coefficient (Wildman–Crippen LogP) is 12.6. The maximum Gasteiger partial charge on any atom is 0.0446 e. The highest BCUT2D eigenvalue weighted by atomic mass is 32.1. The van der Waals surface area contributed by atoms with Crippen LogP contribution in [0.2, 0.25) is 0 Å². The third-order valence-corrected chi connectivity index (χ3v) is 10.8. The van der Waals surface area contributed by atoms with Crippen molar-refractivity contribution in [3.8, 4) is 32.7 Å². The fourth-order valence-corrected chi connectivity index (χ4v) is 9.17. The van der Waals surface area contributed by atoms with Gasteiger partial charge in [0.2, 0.25) is 0 Å². The van der Waals surface area contributed by atoms with E-state index in [-0.39, 0.29) is 0 Å². The van der Waals surface area contributed by atoms with E-state index in [4.69, 9.17) is 0 Å². The van der Waals surface area contributed by atoms with Gasteiger partial charge < -0.3 is 0 Å². The quantitative estimate of drug-likeness (QED) is 0.186. The van der Waals surface area contributed by atoms with E-state index >= 15 is 0 Å². The fraction of sp³-hybridized carbons (Fsp3) is 0. The maximum atomic E-state index is 2.34. The molecule has 0 spiro atoms. The minimum Gasteiger partial charge on any atom is -0.135 e. The van der Waals surface area contributed by atoms with Gasteiger partial charge in [0, 0.05) is 46.3 Å². The van der Waals surface area contributed by atoms with Crippen molar-refractivity contribution >= 4 is 74.5 Å². The Kier molecular flexibility index (Phi) is 5.34. The van der Waals surface area contributed by atoms with Gasteiger partial charge in [-0.15, -0.1) is 22.7 Å². The van der Waals surface area contributed by atoms with Crippen molar-refractivity contribution in [2.75, 3.05) is 0 Å². The summed E-state index contributed by atoms with van der Waals surface area (Å²) in [6.45, 7) is 0. The van der Waals surface area contributed by atoms with E-state index in [9.17, 15) is 0 Å². The standard InChI is InChI=1S/C40H24S2/c1-3-13-25(14-4-1)35-27-17-7-9-19-29(27)37(30-20-10-8-18-28(30)35)40-36(26-15-5-2-6-16-26)39-34(42-40)24-23-33-38(39)31-21-11-12-22-32(31)41-33/h1-24H. The van der Waals surface area contributed by atoms with Gasteiger partial charge in [-0.3, -0.25) is 0 Å². The van der Waals surface area contributed by atoms with Crippen LogP contribution in [0.4, 0.5) is 0 Å². The van der Waals surface area contributed by atoms with Crippen molar-refractivity contribution in [2.45, 2.75) is 0 Å². The van der Waals surface area contributed by atoms with E-state index in [0.29, 0.717) is 0 Å². The molecule has 2 aromatic heterocycles. The summed E-state index contributed by atoms with van der Waals surface area (Å²) in [7, 11) is 0. The topological polar surface area (TPSA) is 0 Å². The summed E-state index contributed by atoms with van der Waals surface area (Å²) >= 11 is 3.83. The number of benzene rings is 7. The molecule has 0 radical (unpaired) electrons. The Morgan fingerprint density at radius 1 is 0.286 bits per heavy atom. The van der Waals surface area contributed by atoms with Gasteiger partial charge in [-0.05, 0) is 56.4 Å². The molecule has 2 heteroatoms. The first-order valence-electron chi connectivity index (χ1n) is 14.3. The number of hydrogen-bond acceptors (Lipinski definition) is 2. The lowest BCUT2D eigenvalue weighted by molar-refractivity contribution is 1.67. The molecule has 42 heavy (non-hydrogen) atoms. The molecule has 196 valence electrons. The highest BCUT2D eigenvalue weighted by Crippen LogP contribution is 2.53. The highest BCUT2D eigenvalue weighted by molar-refractivity contribution is 7.27. The first-order chi connectivity index (χ1) is 20.9. The molecule has 0 aliphatic rings. The average Bonchev–Trinajstić information content (AvgIpc) is 3.62. The number of thiophene rings is 2. The maximum absolute atomic E-state index is 2.34. The van der Waals surface area contributed by atoms with E-state index in [1.54, 1.807) is 0 Å². The summed E-state index contributed by atoms with van der Waals surface area (Å²) in [5.41, 5.74) is 6.49. The third-order valence-electron chi connectivity index (χ3n) is 8.48. The van der Waals surface area contributed by atoms with Crippen molar-refractivity contribution in [2.24, 2.45) is 0 Å². The molecule has 0 unspecified atom stereocenters. The van der Waals surface area contributed by atoms with Gasteiger partial charge in [-0.25, -0.2) is 0 Å². The summed E-state index contributed by atoms with van der Waals surface area (Å²) in [5, 5.41) is 9.27. The zero-order valence-electron chi connectivity index (χ0n) is 22.7. The molecule has 0 fully saturated rings. The third kappa shape index (κ3) is 3.46. The van der Waals surface area contributed by atoms with Gasteiger partial charge in [0.15, 0.2) is 0 Å². The van der Waals surface area contributed by atoms with E-state index < -0.39 is 0 Å². The lowest BCUT2D eigenvalue weighted by atomic mass is 9.86. The van der Waals surface area contributed by atoms with E-state index in [0.717, 1.165) is 0 Å². The number of fused-ring (bicyclic) bond motifs is 7. The largest absolute Gasteiger partial charge is 0.135 e. The van der Waals surface area contributed by atoms with E-state index in [1.807, 2.05) is 22.7 Å². The van der Waals surface area contributed by atoms with Crippen LogP contribution in [0.5, 0.6) is 0 Å². The van der Waals surface area contributed by atoms with Crippen molar-refractivity contribution in [3.05, 3.63) is 146 Å². The molecule has 0 saturated heterocycles. The first kappa shape index (κ1) is 23.9. The molecule has 0 N–H and O–H groups in total. The van der Waals surface area contributed by atoms with Crippen LogP contribution in [0.3, 0.4) is 0 Å². The van der Waals surface area contributed by atoms with Crippen LogP contribution in [0.1, 0.15) is 0 Å². The Labute approximate surface area is 251 Å². The summed E-state index contributed by atoms with van der Waals surface area (Å²) in [4.78, 5) is 1.34. The van der Waals surface area contributed by atoms with Crippen LogP contribution in [0.15, 0.2) is 146 Å². The number of rotatable bonds is 3. The molecule has 9 aromatic rings. The minimum absolute atomic E-state index is 1.25. The van der Waals surface area contributed by atoms with Crippen molar-refractivity contribution < 1.29 is 0 Å². The zero-order valence-corrected chi connectivity index (χ0v) is 24.3. The molecule has 0 amide bonds. The molecule has 0 aliphatic carbocycles. The van der Waals surface area contributed by atoms with Gasteiger partial charge >= 0.3 is 0 Å². The predicted molar refractivity (Wildman–Crippen MR) is 186 cm³/mol. The Balaban J connectivity index is 1.51. The van der Waals surface area contributed by atoms with Crippen LogP contribution >= 0.6 is 22.7 Å². The molecule has 0 nitrogen and oxygen atoms in total. The van der Waals surface area contributed by atoms with Gasteiger partial charge in [0.1, 0.15) is 0 Å². The van der Waals surface area contributed by atoms with Crippen molar-refractivity contribution in [1.29, 1.82) is 0 Å². The number of hydrogen-bond donors (Lipinski definition) is 0. The van der Waals surface area contributed by atoms with Gasteiger partial charge in [-0.1, -0.05) is 127 Å².